The van der Waals surface area contributed by atoms with Crippen LogP contribution in [-0.2, 0) is 9.53 Å². The summed E-state index contributed by atoms with van der Waals surface area (Å²) in [4.78, 5) is 25.7. The van der Waals surface area contributed by atoms with Gasteiger partial charge in [-0.25, -0.2) is 9.98 Å². The second-order valence-electron chi connectivity index (χ2n) is 7.47. The molecule has 0 aromatic heterocycles. The largest absolute Gasteiger partial charge is 0.469 e. The average molecular weight is 485 g/mol. The highest BCUT2D eigenvalue weighted by Crippen LogP contribution is 2.38. The van der Waals surface area contributed by atoms with Crippen molar-refractivity contribution in [2.24, 2.45) is 20.9 Å². The van der Waals surface area contributed by atoms with Gasteiger partial charge in [-0.05, 0) is 55.6 Å². The summed E-state index contributed by atoms with van der Waals surface area (Å²) in [6, 6.07) is 6.22. The van der Waals surface area contributed by atoms with Crippen LogP contribution in [0.5, 0.6) is 0 Å². The molecule has 2 aliphatic rings. The minimum Gasteiger partial charge on any atom is -0.469 e. The minimum absolute atomic E-state index is 0.125. The Labute approximate surface area is 208 Å². The van der Waals surface area contributed by atoms with E-state index in [0.717, 1.165) is 22.3 Å². The van der Waals surface area contributed by atoms with Crippen molar-refractivity contribution in [3.8, 4) is 0 Å². The van der Waals surface area contributed by atoms with Gasteiger partial charge in [0.1, 0.15) is 5.84 Å². The summed E-state index contributed by atoms with van der Waals surface area (Å²) in [6.45, 7) is 12.7. The number of aryl methyl sites for hydroxylation is 1. The number of rotatable bonds is 7. The van der Waals surface area contributed by atoms with Crippen LogP contribution < -0.4 is 10.6 Å². The lowest BCUT2D eigenvalue weighted by Gasteiger charge is -2.14. The molecule has 1 fully saturated rings. The number of hydrogen-bond acceptors (Lipinski definition) is 6. The van der Waals surface area contributed by atoms with Gasteiger partial charge in [-0.1, -0.05) is 45.4 Å². The Bertz CT molecular complexity index is 957. The predicted octanol–water partition coefficient (Wildman–Crippen LogP) is 5.52. The van der Waals surface area contributed by atoms with E-state index in [-0.39, 0.29) is 12.4 Å². The van der Waals surface area contributed by atoms with E-state index in [0.29, 0.717) is 30.4 Å². The number of ether oxygens (including phenoxy) is 1. The number of hydrogen-bond donors (Lipinski definition) is 1. The molecule has 0 spiro atoms. The van der Waals surface area contributed by atoms with E-state index in [1.54, 1.807) is 12.3 Å². The maximum atomic E-state index is 11.9. The molecular formula is C27H41N4O2P. The Balaban J connectivity index is 0.00000137. The molecule has 1 unspecified atom stereocenters. The van der Waals surface area contributed by atoms with Crippen LogP contribution in [0, 0.1) is 12.8 Å². The molecule has 1 aromatic carbocycles. The lowest BCUT2D eigenvalue weighted by Crippen LogP contribution is -2.27. The van der Waals surface area contributed by atoms with Crippen molar-refractivity contribution in [3.05, 3.63) is 52.9 Å². The van der Waals surface area contributed by atoms with E-state index in [2.05, 4.69) is 44.7 Å². The van der Waals surface area contributed by atoms with Crippen molar-refractivity contribution in [3.63, 3.8) is 0 Å². The number of carbonyl (C=O) groups excluding carboxylic acids is 1. The number of carbonyl (C=O) groups is 1. The zero-order valence-electron chi connectivity index (χ0n) is 21.8. The highest BCUT2D eigenvalue weighted by atomic mass is 31.0. The van der Waals surface area contributed by atoms with Gasteiger partial charge in [0, 0.05) is 36.6 Å². The Hall–Kier alpha value is -2.59. The van der Waals surface area contributed by atoms with Crippen molar-refractivity contribution >= 4 is 38.4 Å². The van der Waals surface area contributed by atoms with Gasteiger partial charge < -0.3 is 10.1 Å². The summed E-state index contributed by atoms with van der Waals surface area (Å²) in [6.07, 6.45) is 8.67. The molecule has 186 valence electrons. The second-order valence-corrected chi connectivity index (χ2v) is 8.10. The number of benzene rings is 1. The zero-order chi connectivity index (χ0) is 25.5. The van der Waals surface area contributed by atoms with Crippen LogP contribution in [0.25, 0.3) is 0 Å². The fourth-order valence-electron chi connectivity index (χ4n) is 3.15. The smallest absolute Gasteiger partial charge is 0.311 e. The normalized spacial score (nSPS) is 15.5. The highest BCUT2D eigenvalue weighted by Gasteiger charge is 2.28. The van der Waals surface area contributed by atoms with Crippen LogP contribution >= 0.6 is 9.24 Å². The third-order valence-electron chi connectivity index (χ3n) is 4.95. The van der Waals surface area contributed by atoms with Gasteiger partial charge in [0.25, 0.3) is 0 Å². The Kier molecular flexibility index (Phi) is 13.9. The quantitative estimate of drug-likeness (QED) is 0.315. The molecule has 6 nitrogen and oxygen atoms in total. The van der Waals surface area contributed by atoms with Gasteiger partial charge in [0.15, 0.2) is 5.84 Å². The van der Waals surface area contributed by atoms with E-state index in [4.69, 9.17) is 14.7 Å². The van der Waals surface area contributed by atoms with E-state index in [1.807, 2.05) is 40.8 Å². The number of nitrogens with one attached hydrogen (secondary N) is 1. The Morgan fingerprint density at radius 1 is 1.26 bits per heavy atom. The summed E-state index contributed by atoms with van der Waals surface area (Å²) < 4.78 is 4.85. The Morgan fingerprint density at radius 3 is 2.59 bits per heavy atom. The van der Waals surface area contributed by atoms with Crippen LogP contribution in [0.2, 0.25) is 0 Å². The highest BCUT2D eigenvalue weighted by molar-refractivity contribution is 7.27. The lowest BCUT2D eigenvalue weighted by atomic mass is 10.1. The predicted molar refractivity (Wildman–Crippen MR) is 149 cm³/mol. The van der Waals surface area contributed by atoms with Crippen molar-refractivity contribution < 1.29 is 9.53 Å². The molecule has 1 aliphatic carbocycles. The number of nitrogens with zero attached hydrogens (tertiary/aromatic N) is 3. The van der Waals surface area contributed by atoms with Crippen LogP contribution in [0.1, 0.15) is 71.4 Å². The maximum Gasteiger partial charge on any atom is 0.311 e. The van der Waals surface area contributed by atoms with Gasteiger partial charge in [0.05, 0.1) is 13.5 Å². The van der Waals surface area contributed by atoms with Crippen LogP contribution in [0.3, 0.4) is 0 Å². The molecule has 1 N–H and O–H groups in total. The van der Waals surface area contributed by atoms with Gasteiger partial charge in [-0.2, -0.15) is 0 Å². The first-order valence-electron chi connectivity index (χ1n) is 12.2. The summed E-state index contributed by atoms with van der Waals surface area (Å²) in [7, 11) is 4.15. The van der Waals surface area contributed by atoms with Gasteiger partial charge in [0.2, 0.25) is 0 Å². The van der Waals surface area contributed by atoms with E-state index < -0.39 is 0 Å². The number of methoxy groups -OCH3 is 1. The molecule has 1 heterocycles. The molecule has 0 saturated heterocycles. The zero-order valence-corrected chi connectivity index (χ0v) is 23.0. The average Bonchev–Trinajstić information content (AvgIpc) is 3.71. The standard InChI is InChI=1S/C23H29N4O2P.2C2H6/c1-4-24-10-9-18(13-22(28)29-3)26-21-12-17(16-6-7-16)14-25-23(27-21)19-11-15(2)5-8-20(19)30;2*1-2/h5,8-11,14,16H,4,6-7,12-13,30H2,1-3H3,(H,25,26,27);2*1-2H3/b18-9+,24-10?;;. The first-order chi connectivity index (χ1) is 16.5. The molecular weight excluding hydrogens is 443 g/mol. The molecule has 0 amide bonds. The lowest BCUT2D eigenvalue weighted by molar-refractivity contribution is -0.139. The number of allylic oxidation sites excluding steroid dienone is 1. The van der Waals surface area contributed by atoms with Crippen LogP contribution in [0.4, 0.5) is 0 Å². The van der Waals surface area contributed by atoms with E-state index in [1.165, 1.54) is 25.5 Å². The minimum atomic E-state index is -0.314. The van der Waals surface area contributed by atoms with E-state index >= 15 is 0 Å². The van der Waals surface area contributed by atoms with Gasteiger partial charge in [-0.3, -0.25) is 9.79 Å². The third-order valence-corrected chi connectivity index (χ3v) is 5.45. The first-order valence-corrected chi connectivity index (χ1v) is 12.8. The monoisotopic (exact) mass is 484 g/mol. The fourth-order valence-corrected chi connectivity index (χ4v) is 3.46. The summed E-state index contributed by atoms with van der Waals surface area (Å²) in [5.41, 5.74) is 4.11. The molecule has 1 aliphatic heterocycles. The van der Waals surface area contributed by atoms with Crippen LogP contribution in [0.15, 0.2) is 56.7 Å². The molecule has 1 atom stereocenters. The number of aliphatic imine (C=N–C) groups is 3. The summed E-state index contributed by atoms with van der Waals surface area (Å²) >= 11 is 0. The molecule has 7 heteroatoms. The molecule has 34 heavy (non-hydrogen) atoms. The van der Waals surface area contributed by atoms with Crippen molar-refractivity contribution in [2.45, 2.75) is 67.2 Å². The van der Waals surface area contributed by atoms with Gasteiger partial charge in [-0.15, -0.1) is 9.24 Å². The fraction of sp³-hybridized carbons (Fsp3) is 0.481. The second kappa shape index (κ2) is 16.1. The molecule has 1 aromatic rings. The summed E-state index contributed by atoms with van der Waals surface area (Å²) in [5, 5.41) is 4.40. The van der Waals surface area contributed by atoms with Crippen molar-refractivity contribution in [1.29, 1.82) is 0 Å². The van der Waals surface area contributed by atoms with Crippen LogP contribution in [-0.4, -0.2) is 37.5 Å². The number of esters is 1. The maximum absolute atomic E-state index is 11.9. The number of amidine groups is 2. The SMILES string of the molecule is CC.CC.CCN=C/C=C(\CC(=O)OC)NC1=NC(c2cc(C)ccc2P)=NC=C(C2CC2)C1. The molecule has 0 bridgehead atoms. The first kappa shape index (κ1) is 29.4. The summed E-state index contributed by atoms with van der Waals surface area (Å²) in [5.74, 6) is 1.70. The molecule has 0 radical (unpaired) electrons. The van der Waals surface area contributed by atoms with Crippen molar-refractivity contribution in [1.82, 2.24) is 5.32 Å². The topological polar surface area (TPSA) is 75.4 Å². The third kappa shape index (κ3) is 9.72. The Morgan fingerprint density at radius 2 is 1.97 bits per heavy atom. The van der Waals surface area contributed by atoms with Gasteiger partial charge >= 0.3 is 5.97 Å². The van der Waals surface area contributed by atoms with Crippen molar-refractivity contribution in [2.75, 3.05) is 13.7 Å². The molecule has 3 rings (SSSR count). The molecule has 1 saturated carbocycles. The van der Waals surface area contributed by atoms with E-state index in [9.17, 15) is 4.79 Å².